The number of phenolic OH excluding ortho intramolecular Hbond substituents is 1. The first-order valence-electron chi connectivity index (χ1n) is 7.70. The van der Waals surface area contributed by atoms with E-state index in [0.717, 1.165) is 51.0 Å². The quantitative estimate of drug-likeness (QED) is 0.694. The van der Waals surface area contributed by atoms with Crippen LogP contribution in [0.1, 0.15) is 29.6 Å². The Morgan fingerprint density at radius 2 is 2.27 bits per heavy atom. The van der Waals surface area contributed by atoms with Crippen LogP contribution in [0.3, 0.4) is 0 Å². The summed E-state index contributed by atoms with van der Waals surface area (Å²) in [7, 11) is 0. The van der Waals surface area contributed by atoms with Crippen LogP contribution in [0.4, 0.5) is 4.39 Å². The van der Waals surface area contributed by atoms with Gasteiger partial charge in [0.25, 0.3) is 5.91 Å². The molecule has 0 aromatic heterocycles. The third-order valence-electron chi connectivity index (χ3n) is 3.99. The second-order valence-electron chi connectivity index (χ2n) is 5.77. The van der Waals surface area contributed by atoms with E-state index in [9.17, 15) is 19.4 Å². The molecule has 3 N–H and O–H groups in total. The van der Waals surface area contributed by atoms with Crippen molar-refractivity contribution in [3.05, 3.63) is 29.6 Å². The average molecular weight is 310 g/mol. The highest BCUT2D eigenvalue weighted by Crippen LogP contribution is 2.16. The lowest BCUT2D eigenvalue weighted by molar-refractivity contribution is 0.0942. The van der Waals surface area contributed by atoms with Crippen molar-refractivity contribution in [2.75, 3.05) is 32.8 Å². The molecule has 0 aliphatic carbocycles. The van der Waals surface area contributed by atoms with Crippen molar-refractivity contribution in [2.24, 2.45) is 5.92 Å². The molecule has 6 heteroatoms. The van der Waals surface area contributed by atoms with Crippen LogP contribution in [0.25, 0.3) is 0 Å². The topological polar surface area (TPSA) is 72.8 Å². The smallest absolute Gasteiger partial charge is 0.254 e. The van der Waals surface area contributed by atoms with E-state index in [4.69, 9.17) is 0 Å². The maximum absolute atomic E-state index is 13.5. The first-order chi connectivity index (χ1) is 10.6. The minimum Gasteiger partial charge on any atom is -0.508 e. The van der Waals surface area contributed by atoms with Gasteiger partial charge in [-0.05, 0) is 56.5 Å². The molecule has 1 aromatic rings. The molecule has 1 heterocycles. The van der Waals surface area contributed by atoms with Gasteiger partial charge in [0.1, 0.15) is 11.6 Å². The number of likely N-dealkylation sites (tertiary alicyclic amines) is 1. The highest BCUT2D eigenvalue weighted by molar-refractivity contribution is 5.94. The van der Waals surface area contributed by atoms with E-state index < -0.39 is 11.7 Å². The number of rotatable bonds is 6. The largest absolute Gasteiger partial charge is 0.508 e. The summed E-state index contributed by atoms with van der Waals surface area (Å²) < 4.78 is 13.5. The van der Waals surface area contributed by atoms with Crippen molar-refractivity contribution in [1.29, 1.82) is 0 Å². The number of nitrogens with one attached hydrogen (secondary N) is 1. The molecule has 0 spiro atoms. The average Bonchev–Trinajstić information content (AvgIpc) is 2.54. The Kier molecular flexibility index (Phi) is 6.15. The fourth-order valence-electron chi connectivity index (χ4n) is 2.79. The summed E-state index contributed by atoms with van der Waals surface area (Å²) in [5.74, 6) is -0.933. The van der Waals surface area contributed by atoms with Crippen LogP contribution in [-0.2, 0) is 0 Å². The lowest BCUT2D eigenvalue weighted by Gasteiger charge is -2.31. The summed E-state index contributed by atoms with van der Waals surface area (Å²) in [4.78, 5) is 14.1. The molecule has 122 valence electrons. The van der Waals surface area contributed by atoms with Gasteiger partial charge >= 0.3 is 0 Å². The van der Waals surface area contributed by atoms with Gasteiger partial charge in [0.2, 0.25) is 0 Å². The van der Waals surface area contributed by atoms with Crippen LogP contribution in [0.5, 0.6) is 5.75 Å². The van der Waals surface area contributed by atoms with E-state index in [1.165, 1.54) is 6.07 Å². The van der Waals surface area contributed by atoms with Gasteiger partial charge in [0, 0.05) is 19.7 Å². The number of aliphatic hydroxyl groups is 1. The van der Waals surface area contributed by atoms with Crippen LogP contribution in [0, 0.1) is 11.7 Å². The van der Waals surface area contributed by atoms with Crippen molar-refractivity contribution in [1.82, 2.24) is 10.2 Å². The molecule has 1 aliphatic heterocycles. The van der Waals surface area contributed by atoms with Gasteiger partial charge in [-0.1, -0.05) is 0 Å². The second-order valence-corrected chi connectivity index (χ2v) is 5.77. The van der Waals surface area contributed by atoms with Crippen molar-refractivity contribution < 1.29 is 19.4 Å². The first-order valence-corrected chi connectivity index (χ1v) is 7.70. The highest BCUT2D eigenvalue weighted by Gasteiger charge is 2.18. The fourth-order valence-corrected chi connectivity index (χ4v) is 2.79. The molecule has 0 radical (unpaired) electrons. The van der Waals surface area contributed by atoms with E-state index in [2.05, 4.69) is 10.2 Å². The van der Waals surface area contributed by atoms with Gasteiger partial charge in [-0.3, -0.25) is 4.79 Å². The number of nitrogens with zero attached hydrogens (tertiary/aromatic N) is 1. The van der Waals surface area contributed by atoms with E-state index in [0.29, 0.717) is 12.5 Å². The van der Waals surface area contributed by atoms with Crippen molar-refractivity contribution in [2.45, 2.75) is 19.3 Å². The zero-order chi connectivity index (χ0) is 15.9. The van der Waals surface area contributed by atoms with Gasteiger partial charge < -0.3 is 20.4 Å². The minimum atomic E-state index is -0.642. The van der Waals surface area contributed by atoms with Crippen LogP contribution in [-0.4, -0.2) is 53.8 Å². The molecule has 1 amide bonds. The van der Waals surface area contributed by atoms with E-state index in [-0.39, 0.29) is 17.9 Å². The first kappa shape index (κ1) is 16.7. The molecule has 0 saturated carbocycles. The fraction of sp³-hybridized carbons (Fsp3) is 0.562. The van der Waals surface area contributed by atoms with Gasteiger partial charge in [0.15, 0.2) is 0 Å². The maximum Gasteiger partial charge on any atom is 0.254 e. The number of hydrogen-bond acceptors (Lipinski definition) is 4. The summed E-state index contributed by atoms with van der Waals surface area (Å²) in [6.45, 7) is 3.44. The van der Waals surface area contributed by atoms with Gasteiger partial charge in [0.05, 0.1) is 5.56 Å². The van der Waals surface area contributed by atoms with Crippen LogP contribution in [0.2, 0.25) is 0 Å². The predicted octanol–water partition coefficient (Wildman–Crippen LogP) is 1.36. The Morgan fingerprint density at radius 3 is 3.05 bits per heavy atom. The summed E-state index contributed by atoms with van der Waals surface area (Å²) >= 11 is 0. The number of carbonyl (C=O) groups is 1. The molecule has 5 nitrogen and oxygen atoms in total. The molecule has 1 aromatic carbocycles. The minimum absolute atomic E-state index is 0.130. The molecule has 1 atom stereocenters. The molecular formula is C16H23FN2O3. The van der Waals surface area contributed by atoms with Crippen LogP contribution in [0.15, 0.2) is 18.2 Å². The number of benzene rings is 1. The van der Waals surface area contributed by atoms with Crippen molar-refractivity contribution >= 4 is 5.91 Å². The number of amides is 1. The Hall–Kier alpha value is -1.66. The van der Waals surface area contributed by atoms with Crippen molar-refractivity contribution in [3.8, 4) is 5.75 Å². The molecule has 1 fully saturated rings. The van der Waals surface area contributed by atoms with E-state index in [1.54, 1.807) is 0 Å². The predicted molar refractivity (Wildman–Crippen MR) is 81.3 cm³/mol. The lowest BCUT2D eigenvalue weighted by atomic mass is 9.99. The second kappa shape index (κ2) is 8.10. The standard InChI is InChI=1S/C16H23FN2O3/c17-15-5-4-13(21)9-14(15)16(22)18-6-2-8-19-7-1-3-12(10-19)11-20/h4-5,9,12,20-21H,1-3,6-8,10-11H2,(H,18,22)/t12-/m1/s1. The maximum atomic E-state index is 13.5. The summed E-state index contributed by atoms with van der Waals surface area (Å²) in [6.07, 6.45) is 2.93. The molecular weight excluding hydrogens is 287 g/mol. The lowest BCUT2D eigenvalue weighted by Crippen LogP contribution is -2.38. The Morgan fingerprint density at radius 1 is 1.45 bits per heavy atom. The van der Waals surface area contributed by atoms with Gasteiger partial charge in [-0.2, -0.15) is 0 Å². The number of hydrogen-bond donors (Lipinski definition) is 3. The van der Waals surface area contributed by atoms with Gasteiger partial charge in [-0.15, -0.1) is 0 Å². The summed E-state index contributed by atoms with van der Waals surface area (Å²) in [5.41, 5.74) is -0.140. The molecule has 22 heavy (non-hydrogen) atoms. The molecule has 2 rings (SSSR count). The number of aliphatic hydroxyl groups excluding tert-OH is 1. The SMILES string of the molecule is O=C(NCCCN1CCC[C@@H](CO)C1)c1cc(O)ccc1F. The summed E-state index contributed by atoms with van der Waals surface area (Å²) in [5, 5.41) is 21.2. The van der Waals surface area contributed by atoms with E-state index >= 15 is 0 Å². The normalized spacial score (nSPS) is 19.1. The number of halogens is 1. The molecule has 0 bridgehead atoms. The van der Waals surface area contributed by atoms with Crippen molar-refractivity contribution in [3.63, 3.8) is 0 Å². The Labute approximate surface area is 129 Å². The number of piperidine rings is 1. The third kappa shape index (κ3) is 4.68. The Bertz CT molecular complexity index is 510. The van der Waals surface area contributed by atoms with E-state index in [1.807, 2.05) is 0 Å². The highest BCUT2D eigenvalue weighted by atomic mass is 19.1. The third-order valence-corrected chi connectivity index (χ3v) is 3.99. The molecule has 1 saturated heterocycles. The monoisotopic (exact) mass is 310 g/mol. The zero-order valence-corrected chi connectivity index (χ0v) is 12.6. The van der Waals surface area contributed by atoms with Crippen LogP contribution < -0.4 is 5.32 Å². The van der Waals surface area contributed by atoms with Gasteiger partial charge in [-0.25, -0.2) is 4.39 Å². The zero-order valence-electron chi connectivity index (χ0n) is 12.6. The number of phenols is 1. The number of carbonyl (C=O) groups excluding carboxylic acids is 1. The summed E-state index contributed by atoms with van der Waals surface area (Å²) in [6, 6.07) is 3.41. The Balaban J connectivity index is 1.72. The molecule has 1 aliphatic rings. The molecule has 0 unspecified atom stereocenters. The van der Waals surface area contributed by atoms with Crippen LogP contribution >= 0.6 is 0 Å². The number of aromatic hydroxyl groups is 1.